The summed E-state index contributed by atoms with van der Waals surface area (Å²) in [5.41, 5.74) is 0. The highest BCUT2D eigenvalue weighted by Gasteiger charge is 2.19. The molecule has 0 aliphatic heterocycles. The summed E-state index contributed by atoms with van der Waals surface area (Å²) in [5, 5.41) is 0. The Morgan fingerprint density at radius 1 is 0.339 bits per heavy atom. The van der Waals surface area contributed by atoms with E-state index in [1.807, 2.05) is 0 Å². The molecule has 0 saturated carbocycles. The minimum Gasteiger partial charge on any atom is -0.462 e. The van der Waals surface area contributed by atoms with E-state index in [4.69, 9.17) is 14.2 Å². The summed E-state index contributed by atoms with van der Waals surface area (Å²) in [6.07, 6.45) is 45.5. The smallest absolute Gasteiger partial charge is 0.306 e. The summed E-state index contributed by atoms with van der Waals surface area (Å²) >= 11 is 0. The third kappa shape index (κ3) is 43.5. The Kier molecular flexibility index (Phi) is 43.2. The summed E-state index contributed by atoms with van der Waals surface area (Å²) in [7, 11) is 0. The number of hydrogen-bond donors (Lipinski definition) is 0. The van der Waals surface area contributed by atoms with E-state index in [0.717, 1.165) is 70.1 Å². The second-order valence-corrected chi connectivity index (χ2v) is 17.6. The third-order valence-corrected chi connectivity index (χ3v) is 11.3. The molecule has 0 aromatic heterocycles. The summed E-state index contributed by atoms with van der Waals surface area (Å²) in [5.74, 6) is -0.0302. The zero-order valence-electron chi connectivity index (χ0n) is 38.1. The Morgan fingerprint density at radius 2 is 0.589 bits per heavy atom. The molecule has 0 heterocycles. The lowest BCUT2D eigenvalue weighted by Gasteiger charge is -2.18. The van der Waals surface area contributed by atoms with Gasteiger partial charge in [-0.05, 0) is 25.2 Å². The van der Waals surface area contributed by atoms with Gasteiger partial charge in [0.1, 0.15) is 13.2 Å². The first-order valence-corrected chi connectivity index (χ1v) is 24.9. The largest absolute Gasteiger partial charge is 0.462 e. The quantitative estimate of drug-likeness (QED) is 0.0347. The first-order chi connectivity index (χ1) is 27.4. The second-order valence-electron chi connectivity index (χ2n) is 17.6. The van der Waals surface area contributed by atoms with Gasteiger partial charge in [-0.1, -0.05) is 240 Å². The van der Waals surface area contributed by atoms with Crippen molar-refractivity contribution >= 4 is 17.9 Å². The van der Waals surface area contributed by atoms with Gasteiger partial charge in [-0.3, -0.25) is 14.4 Å². The van der Waals surface area contributed by atoms with Crippen LogP contribution in [0.15, 0.2) is 0 Å². The number of carbonyl (C=O) groups is 3. The van der Waals surface area contributed by atoms with Gasteiger partial charge in [0.15, 0.2) is 6.10 Å². The highest BCUT2D eigenvalue weighted by atomic mass is 16.6. The minimum atomic E-state index is -0.758. The van der Waals surface area contributed by atoms with Crippen molar-refractivity contribution < 1.29 is 28.6 Å². The Morgan fingerprint density at radius 3 is 0.875 bits per heavy atom. The molecule has 0 aromatic carbocycles. The fourth-order valence-electron chi connectivity index (χ4n) is 7.51. The topological polar surface area (TPSA) is 78.9 Å². The summed E-state index contributed by atoms with van der Waals surface area (Å²) in [6.45, 7) is 8.94. The van der Waals surface area contributed by atoms with Gasteiger partial charge in [0, 0.05) is 19.3 Å². The molecule has 1 atom stereocenters. The molecule has 0 spiro atoms. The predicted molar refractivity (Wildman–Crippen MR) is 238 cm³/mol. The molecule has 0 fully saturated rings. The van der Waals surface area contributed by atoms with Crippen LogP contribution in [0.2, 0.25) is 0 Å². The molecular formula is C50H96O6. The normalized spacial score (nSPS) is 11.9. The van der Waals surface area contributed by atoms with Crippen molar-refractivity contribution in [1.82, 2.24) is 0 Å². The molecule has 0 saturated heterocycles. The van der Waals surface area contributed by atoms with Gasteiger partial charge in [0.2, 0.25) is 0 Å². The van der Waals surface area contributed by atoms with Crippen LogP contribution in [0.4, 0.5) is 0 Å². The molecule has 56 heavy (non-hydrogen) atoms. The van der Waals surface area contributed by atoms with Crippen LogP contribution in [0.3, 0.4) is 0 Å². The van der Waals surface area contributed by atoms with E-state index in [9.17, 15) is 14.4 Å². The highest BCUT2D eigenvalue weighted by Crippen LogP contribution is 2.17. The lowest BCUT2D eigenvalue weighted by atomic mass is 10.0. The van der Waals surface area contributed by atoms with Crippen LogP contribution in [0.25, 0.3) is 0 Å². The highest BCUT2D eigenvalue weighted by molar-refractivity contribution is 5.71. The molecule has 6 nitrogen and oxygen atoms in total. The van der Waals surface area contributed by atoms with Gasteiger partial charge in [0.25, 0.3) is 0 Å². The average molecular weight is 793 g/mol. The van der Waals surface area contributed by atoms with Gasteiger partial charge in [-0.2, -0.15) is 0 Å². The summed E-state index contributed by atoms with van der Waals surface area (Å²) in [6, 6.07) is 0. The number of hydrogen-bond acceptors (Lipinski definition) is 6. The maximum absolute atomic E-state index is 12.7. The number of carbonyl (C=O) groups excluding carboxylic acids is 3. The van der Waals surface area contributed by atoms with Crippen LogP contribution in [0.5, 0.6) is 0 Å². The lowest BCUT2D eigenvalue weighted by Crippen LogP contribution is -2.30. The van der Waals surface area contributed by atoms with Crippen LogP contribution < -0.4 is 0 Å². The zero-order valence-corrected chi connectivity index (χ0v) is 38.1. The van der Waals surface area contributed by atoms with E-state index in [0.29, 0.717) is 19.3 Å². The Balaban J connectivity index is 4.11. The number of rotatable bonds is 45. The van der Waals surface area contributed by atoms with Gasteiger partial charge in [-0.15, -0.1) is 0 Å². The SMILES string of the molecule is CCCCCCCCCCCCCCCCCCCCC(=O)OC[C@H](COC(=O)CCCCCCC)OC(=O)CCCCCCCCCCCCCCC(C)C. The molecule has 6 heteroatoms. The van der Waals surface area contributed by atoms with Gasteiger partial charge in [-0.25, -0.2) is 0 Å². The predicted octanol–water partition coefficient (Wildman–Crippen LogP) is 15.9. The van der Waals surface area contributed by atoms with Crippen molar-refractivity contribution in [3.8, 4) is 0 Å². The van der Waals surface area contributed by atoms with Gasteiger partial charge >= 0.3 is 17.9 Å². The van der Waals surface area contributed by atoms with Gasteiger partial charge < -0.3 is 14.2 Å². The van der Waals surface area contributed by atoms with Crippen molar-refractivity contribution in [2.45, 2.75) is 284 Å². The van der Waals surface area contributed by atoms with Crippen LogP contribution in [0.1, 0.15) is 278 Å². The van der Waals surface area contributed by atoms with E-state index in [2.05, 4.69) is 27.7 Å². The number of esters is 3. The van der Waals surface area contributed by atoms with Crippen molar-refractivity contribution in [2.24, 2.45) is 5.92 Å². The monoisotopic (exact) mass is 793 g/mol. The third-order valence-electron chi connectivity index (χ3n) is 11.3. The molecule has 0 aliphatic rings. The number of unbranched alkanes of at least 4 members (excludes halogenated alkanes) is 32. The fraction of sp³-hybridized carbons (Fsp3) is 0.940. The zero-order chi connectivity index (χ0) is 41.0. The van der Waals surface area contributed by atoms with E-state index >= 15 is 0 Å². The maximum atomic E-state index is 12.7. The molecule has 0 rings (SSSR count). The molecule has 0 amide bonds. The molecule has 332 valence electrons. The number of ether oxygens (including phenoxy) is 3. The van der Waals surface area contributed by atoms with E-state index < -0.39 is 6.10 Å². The molecule has 0 radical (unpaired) electrons. The standard InChI is InChI=1S/C50H96O6/c1-5-7-9-11-12-13-14-15-16-17-18-19-20-24-27-30-34-38-42-49(52)55-45-47(44-54-48(51)41-37-32-10-8-6-2)56-50(53)43-39-35-31-28-25-22-21-23-26-29-33-36-40-46(3)4/h46-47H,5-45H2,1-4H3/t47-/m0/s1. The Labute approximate surface area is 348 Å². The molecule has 0 aliphatic carbocycles. The van der Waals surface area contributed by atoms with Crippen LogP contribution in [-0.2, 0) is 28.6 Å². The minimum absolute atomic E-state index is 0.0641. The Hall–Kier alpha value is -1.59. The summed E-state index contributed by atoms with van der Waals surface area (Å²) < 4.78 is 16.7. The summed E-state index contributed by atoms with van der Waals surface area (Å²) in [4.78, 5) is 37.6. The van der Waals surface area contributed by atoms with E-state index in [1.165, 1.54) is 167 Å². The van der Waals surface area contributed by atoms with Gasteiger partial charge in [0.05, 0.1) is 0 Å². The van der Waals surface area contributed by atoms with Crippen molar-refractivity contribution in [2.75, 3.05) is 13.2 Å². The first-order valence-electron chi connectivity index (χ1n) is 24.9. The Bertz CT molecular complexity index is 841. The molecule has 0 unspecified atom stereocenters. The molecule has 0 bridgehead atoms. The van der Waals surface area contributed by atoms with Crippen molar-refractivity contribution in [1.29, 1.82) is 0 Å². The molecule has 0 aromatic rings. The van der Waals surface area contributed by atoms with Crippen LogP contribution in [0, 0.1) is 5.92 Å². The fourth-order valence-corrected chi connectivity index (χ4v) is 7.51. The first kappa shape index (κ1) is 54.4. The maximum Gasteiger partial charge on any atom is 0.306 e. The average Bonchev–Trinajstić information content (AvgIpc) is 3.18. The van der Waals surface area contributed by atoms with Crippen molar-refractivity contribution in [3.63, 3.8) is 0 Å². The van der Waals surface area contributed by atoms with E-state index in [-0.39, 0.29) is 31.1 Å². The van der Waals surface area contributed by atoms with Crippen LogP contribution >= 0.6 is 0 Å². The molecule has 0 N–H and O–H groups in total. The second kappa shape index (κ2) is 44.5. The van der Waals surface area contributed by atoms with E-state index in [1.54, 1.807) is 0 Å². The van der Waals surface area contributed by atoms with Crippen LogP contribution in [-0.4, -0.2) is 37.2 Å². The lowest BCUT2D eigenvalue weighted by molar-refractivity contribution is -0.167. The van der Waals surface area contributed by atoms with Crippen molar-refractivity contribution in [3.05, 3.63) is 0 Å². The molecular weight excluding hydrogens is 697 g/mol.